The minimum absolute atomic E-state index is 0.219. The van der Waals surface area contributed by atoms with Crippen LogP contribution < -0.4 is 9.47 Å². The second-order valence-electron chi connectivity index (χ2n) is 4.49. The Morgan fingerprint density at radius 1 is 1.17 bits per heavy atom. The van der Waals surface area contributed by atoms with E-state index in [2.05, 4.69) is 13.8 Å². The summed E-state index contributed by atoms with van der Waals surface area (Å²) >= 11 is 0. The van der Waals surface area contributed by atoms with Gasteiger partial charge in [0.25, 0.3) is 0 Å². The van der Waals surface area contributed by atoms with Crippen LogP contribution in [0.2, 0.25) is 0 Å². The number of carbonyl (C=O) groups excluding carboxylic acids is 1. The molecule has 0 saturated heterocycles. The van der Waals surface area contributed by atoms with Crippen LogP contribution in [0, 0.1) is 0 Å². The summed E-state index contributed by atoms with van der Waals surface area (Å²) in [6.07, 6.45) is 4.96. The molecule has 0 aromatic heterocycles. The zero-order chi connectivity index (χ0) is 13.4. The summed E-state index contributed by atoms with van der Waals surface area (Å²) in [6.45, 7) is 5.66. The summed E-state index contributed by atoms with van der Waals surface area (Å²) in [5.41, 5.74) is 0. The number of rotatable bonds is 7. The van der Waals surface area contributed by atoms with Gasteiger partial charge in [0.05, 0.1) is 6.10 Å². The topological polar surface area (TPSA) is 35.5 Å². The fourth-order valence-corrected chi connectivity index (χ4v) is 1.73. The van der Waals surface area contributed by atoms with Crippen molar-refractivity contribution in [2.45, 2.75) is 52.6 Å². The summed E-state index contributed by atoms with van der Waals surface area (Å²) in [5, 5.41) is 0. The number of unbranched alkanes of at least 4 members (excludes halogenated alkanes) is 2. The van der Waals surface area contributed by atoms with Crippen molar-refractivity contribution in [3.8, 4) is 11.5 Å². The highest BCUT2D eigenvalue weighted by Gasteiger charge is 2.04. The number of hydrogen-bond acceptors (Lipinski definition) is 3. The Labute approximate surface area is 109 Å². The number of ether oxygens (including phenoxy) is 2. The SMILES string of the molecule is CCCCCC(C)Oc1ccc(OC(C)=O)cc1. The average molecular weight is 250 g/mol. The Balaban J connectivity index is 2.40. The van der Waals surface area contributed by atoms with Gasteiger partial charge in [-0.3, -0.25) is 4.79 Å². The van der Waals surface area contributed by atoms with Gasteiger partial charge < -0.3 is 9.47 Å². The first-order valence-corrected chi connectivity index (χ1v) is 6.57. The summed E-state index contributed by atoms with van der Waals surface area (Å²) in [4.78, 5) is 10.8. The first kappa shape index (κ1) is 14.6. The number of carbonyl (C=O) groups is 1. The molecule has 0 fully saturated rings. The fourth-order valence-electron chi connectivity index (χ4n) is 1.73. The summed E-state index contributed by atoms with van der Waals surface area (Å²) < 4.78 is 10.7. The second kappa shape index (κ2) is 7.75. The van der Waals surface area contributed by atoms with Crippen LogP contribution in [-0.2, 0) is 4.79 Å². The molecule has 0 saturated carbocycles. The van der Waals surface area contributed by atoms with Gasteiger partial charge in [0.2, 0.25) is 0 Å². The molecule has 3 nitrogen and oxygen atoms in total. The van der Waals surface area contributed by atoms with Crippen LogP contribution in [0.15, 0.2) is 24.3 Å². The summed E-state index contributed by atoms with van der Waals surface area (Å²) in [7, 11) is 0. The second-order valence-corrected chi connectivity index (χ2v) is 4.49. The van der Waals surface area contributed by atoms with Crippen molar-refractivity contribution in [1.29, 1.82) is 0 Å². The Hall–Kier alpha value is -1.51. The van der Waals surface area contributed by atoms with E-state index in [0.29, 0.717) is 5.75 Å². The molecule has 0 bridgehead atoms. The lowest BCUT2D eigenvalue weighted by Crippen LogP contribution is -2.11. The molecule has 3 heteroatoms. The molecule has 0 radical (unpaired) electrons. The van der Waals surface area contributed by atoms with Crippen molar-refractivity contribution in [2.75, 3.05) is 0 Å². The van der Waals surface area contributed by atoms with Gasteiger partial charge in [-0.15, -0.1) is 0 Å². The summed E-state index contributed by atoms with van der Waals surface area (Å²) in [5.74, 6) is 1.06. The Kier molecular flexibility index (Phi) is 6.26. The molecule has 18 heavy (non-hydrogen) atoms. The molecule has 100 valence electrons. The smallest absolute Gasteiger partial charge is 0.308 e. The van der Waals surface area contributed by atoms with Gasteiger partial charge in [-0.05, 0) is 44.0 Å². The molecule has 0 heterocycles. The maximum Gasteiger partial charge on any atom is 0.308 e. The lowest BCUT2D eigenvalue weighted by molar-refractivity contribution is -0.131. The monoisotopic (exact) mass is 250 g/mol. The van der Waals surface area contributed by atoms with Gasteiger partial charge in [0.1, 0.15) is 11.5 Å². The quantitative estimate of drug-likeness (QED) is 0.417. The molecule has 0 aliphatic rings. The van der Waals surface area contributed by atoms with Crippen LogP contribution >= 0.6 is 0 Å². The van der Waals surface area contributed by atoms with Crippen LogP contribution in [0.4, 0.5) is 0 Å². The number of hydrogen-bond donors (Lipinski definition) is 0. The molecule has 0 N–H and O–H groups in total. The van der Waals surface area contributed by atoms with E-state index in [1.54, 1.807) is 12.1 Å². The van der Waals surface area contributed by atoms with Gasteiger partial charge in [-0.25, -0.2) is 0 Å². The predicted molar refractivity (Wildman–Crippen MR) is 72.0 cm³/mol. The standard InChI is InChI=1S/C15H22O3/c1-4-5-6-7-12(2)17-14-8-10-15(11-9-14)18-13(3)16/h8-12H,4-7H2,1-3H3. The van der Waals surface area contributed by atoms with E-state index in [1.165, 1.54) is 26.2 Å². The van der Waals surface area contributed by atoms with Crippen molar-refractivity contribution in [3.05, 3.63) is 24.3 Å². The average Bonchev–Trinajstić information content (AvgIpc) is 2.31. The van der Waals surface area contributed by atoms with Crippen LogP contribution in [0.25, 0.3) is 0 Å². The molecule has 1 unspecified atom stereocenters. The highest BCUT2D eigenvalue weighted by molar-refractivity contribution is 5.69. The third-order valence-electron chi connectivity index (χ3n) is 2.64. The molecule has 0 aliphatic carbocycles. The Bertz CT molecular complexity index is 357. The van der Waals surface area contributed by atoms with Gasteiger partial charge in [0.15, 0.2) is 0 Å². The van der Waals surface area contributed by atoms with Crippen LogP contribution in [0.5, 0.6) is 11.5 Å². The molecular formula is C15H22O3. The van der Waals surface area contributed by atoms with E-state index in [1.807, 2.05) is 12.1 Å². The largest absolute Gasteiger partial charge is 0.491 e. The zero-order valence-electron chi connectivity index (χ0n) is 11.4. The van der Waals surface area contributed by atoms with Crippen molar-refractivity contribution >= 4 is 5.97 Å². The third-order valence-corrected chi connectivity index (χ3v) is 2.64. The van der Waals surface area contributed by atoms with E-state index in [9.17, 15) is 4.79 Å². The number of esters is 1. The maximum atomic E-state index is 10.8. The van der Waals surface area contributed by atoms with Gasteiger partial charge in [-0.1, -0.05) is 19.8 Å². The Morgan fingerprint density at radius 3 is 2.33 bits per heavy atom. The molecule has 0 spiro atoms. The lowest BCUT2D eigenvalue weighted by atomic mass is 10.1. The molecule has 1 aromatic carbocycles. The first-order chi connectivity index (χ1) is 8.61. The van der Waals surface area contributed by atoms with Crippen molar-refractivity contribution in [3.63, 3.8) is 0 Å². The molecular weight excluding hydrogens is 228 g/mol. The van der Waals surface area contributed by atoms with Crippen LogP contribution in [0.1, 0.15) is 46.5 Å². The highest BCUT2D eigenvalue weighted by Crippen LogP contribution is 2.20. The Morgan fingerprint density at radius 2 is 1.78 bits per heavy atom. The van der Waals surface area contributed by atoms with Crippen molar-refractivity contribution in [2.24, 2.45) is 0 Å². The number of benzene rings is 1. The summed E-state index contributed by atoms with van der Waals surface area (Å²) in [6, 6.07) is 7.15. The zero-order valence-corrected chi connectivity index (χ0v) is 11.4. The van der Waals surface area contributed by atoms with Crippen molar-refractivity contribution < 1.29 is 14.3 Å². The third kappa shape index (κ3) is 5.71. The minimum Gasteiger partial charge on any atom is -0.491 e. The highest BCUT2D eigenvalue weighted by atomic mass is 16.5. The van der Waals surface area contributed by atoms with Crippen LogP contribution in [0.3, 0.4) is 0 Å². The first-order valence-electron chi connectivity index (χ1n) is 6.57. The van der Waals surface area contributed by atoms with Gasteiger partial charge in [-0.2, -0.15) is 0 Å². The van der Waals surface area contributed by atoms with E-state index < -0.39 is 0 Å². The van der Waals surface area contributed by atoms with E-state index in [0.717, 1.165) is 12.2 Å². The van der Waals surface area contributed by atoms with E-state index in [4.69, 9.17) is 9.47 Å². The van der Waals surface area contributed by atoms with Crippen LogP contribution in [-0.4, -0.2) is 12.1 Å². The van der Waals surface area contributed by atoms with Gasteiger partial charge >= 0.3 is 5.97 Å². The molecule has 1 atom stereocenters. The molecule has 1 aromatic rings. The lowest BCUT2D eigenvalue weighted by Gasteiger charge is -2.14. The molecule has 1 rings (SSSR count). The predicted octanol–water partition coefficient (Wildman–Crippen LogP) is 3.96. The molecule has 0 aliphatic heterocycles. The fraction of sp³-hybridized carbons (Fsp3) is 0.533. The minimum atomic E-state index is -0.309. The van der Waals surface area contributed by atoms with E-state index >= 15 is 0 Å². The van der Waals surface area contributed by atoms with E-state index in [-0.39, 0.29) is 12.1 Å². The normalized spacial score (nSPS) is 11.9. The van der Waals surface area contributed by atoms with Gasteiger partial charge in [0, 0.05) is 6.92 Å². The maximum absolute atomic E-state index is 10.8. The van der Waals surface area contributed by atoms with Crippen molar-refractivity contribution in [1.82, 2.24) is 0 Å². The molecule has 0 amide bonds.